The smallest absolute Gasteiger partial charge is 0.161 e. The van der Waals surface area contributed by atoms with Crippen LogP contribution < -0.4 is 11.3 Å². The monoisotopic (exact) mass is 258 g/mol. The zero-order valence-electron chi connectivity index (χ0n) is 10.5. The van der Waals surface area contributed by atoms with Gasteiger partial charge in [-0.3, -0.25) is 0 Å². The van der Waals surface area contributed by atoms with Crippen molar-refractivity contribution in [1.82, 2.24) is 9.97 Å². The van der Waals surface area contributed by atoms with Crippen molar-refractivity contribution in [2.75, 3.05) is 5.43 Å². The molecular weight excluding hydrogens is 243 g/mol. The molecule has 2 aromatic rings. The molecule has 0 fully saturated rings. The zero-order chi connectivity index (χ0) is 13.2. The van der Waals surface area contributed by atoms with E-state index in [2.05, 4.69) is 15.4 Å². The van der Waals surface area contributed by atoms with E-state index >= 15 is 0 Å². The van der Waals surface area contributed by atoms with Gasteiger partial charge in [-0.25, -0.2) is 20.2 Å². The third-order valence-electron chi connectivity index (χ3n) is 3.42. The van der Waals surface area contributed by atoms with E-state index in [1.807, 2.05) is 0 Å². The lowest BCUT2D eigenvalue weighted by Gasteiger charge is -2.18. The molecule has 0 atom stereocenters. The molecule has 1 heterocycles. The summed E-state index contributed by atoms with van der Waals surface area (Å²) in [5.74, 6) is 6.56. The fourth-order valence-corrected chi connectivity index (χ4v) is 2.44. The van der Waals surface area contributed by atoms with Gasteiger partial charge < -0.3 is 5.43 Å². The van der Waals surface area contributed by atoms with Crippen LogP contribution in [0.15, 0.2) is 24.3 Å². The number of fused-ring (bicyclic) bond motifs is 1. The first-order valence-corrected chi connectivity index (χ1v) is 6.40. The Morgan fingerprint density at radius 3 is 2.53 bits per heavy atom. The number of nitrogens with zero attached hydrogens (tertiary/aromatic N) is 2. The van der Waals surface area contributed by atoms with Gasteiger partial charge >= 0.3 is 0 Å². The summed E-state index contributed by atoms with van der Waals surface area (Å²) in [7, 11) is 0. The summed E-state index contributed by atoms with van der Waals surface area (Å²) >= 11 is 0. The fraction of sp³-hybridized carbons (Fsp3) is 0.286. The van der Waals surface area contributed by atoms with Crippen LogP contribution in [-0.4, -0.2) is 9.97 Å². The quantitative estimate of drug-likeness (QED) is 0.641. The van der Waals surface area contributed by atoms with Gasteiger partial charge in [0.05, 0.1) is 0 Å². The number of aromatic nitrogens is 2. The highest BCUT2D eigenvalue weighted by Gasteiger charge is 2.17. The predicted molar refractivity (Wildman–Crippen MR) is 71.9 cm³/mol. The van der Waals surface area contributed by atoms with E-state index in [0.29, 0.717) is 11.6 Å². The Kier molecular flexibility index (Phi) is 3.13. The Morgan fingerprint density at radius 2 is 1.79 bits per heavy atom. The highest BCUT2D eigenvalue weighted by Crippen LogP contribution is 2.27. The van der Waals surface area contributed by atoms with Crippen LogP contribution >= 0.6 is 0 Å². The summed E-state index contributed by atoms with van der Waals surface area (Å²) in [5.41, 5.74) is 5.61. The fourth-order valence-electron chi connectivity index (χ4n) is 2.44. The Morgan fingerprint density at radius 1 is 1.05 bits per heavy atom. The number of benzene rings is 1. The number of nitrogens with two attached hydrogens (primary N) is 1. The van der Waals surface area contributed by atoms with Crippen LogP contribution in [0.4, 0.5) is 10.2 Å². The largest absolute Gasteiger partial charge is 0.308 e. The minimum absolute atomic E-state index is 0.265. The number of anilines is 1. The molecule has 0 saturated carbocycles. The molecule has 0 radical (unpaired) electrons. The average Bonchev–Trinajstić information content (AvgIpc) is 2.47. The van der Waals surface area contributed by atoms with Gasteiger partial charge in [0.1, 0.15) is 11.6 Å². The number of rotatable bonds is 2. The maximum Gasteiger partial charge on any atom is 0.161 e. The summed E-state index contributed by atoms with van der Waals surface area (Å²) in [4.78, 5) is 9.03. The van der Waals surface area contributed by atoms with Crippen LogP contribution in [0.2, 0.25) is 0 Å². The van der Waals surface area contributed by atoms with E-state index < -0.39 is 0 Å². The molecule has 3 N–H and O–H groups in total. The minimum Gasteiger partial charge on any atom is -0.308 e. The van der Waals surface area contributed by atoms with E-state index in [9.17, 15) is 4.39 Å². The van der Waals surface area contributed by atoms with Crippen LogP contribution in [0.25, 0.3) is 11.4 Å². The molecule has 5 heteroatoms. The average molecular weight is 258 g/mol. The van der Waals surface area contributed by atoms with Crippen molar-refractivity contribution in [3.05, 3.63) is 41.3 Å². The Hall–Kier alpha value is -2.01. The molecule has 3 rings (SSSR count). The highest BCUT2D eigenvalue weighted by molar-refractivity contribution is 5.60. The number of nitrogens with one attached hydrogen (secondary N) is 1. The van der Waals surface area contributed by atoms with Crippen molar-refractivity contribution in [2.45, 2.75) is 25.7 Å². The van der Waals surface area contributed by atoms with Crippen molar-refractivity contribution in [3.8, 4) is 11.4 Å². The van der Waals surface area contributed by atoms with Gasteiger partial charge in [-0.2, -0.15) is 0 Å². The number of hydrogen-bond donors (Lipinski definition) is 2. The molecule has 0 bridgehead atoms. The van der Waals surface area contributed by atoms with Gasteiger partial charge in [0.25, 0.3) is 0 Å². The summed E-state index contributed by atoms with van der Waals surface area (Å²) in [5, 5.41) is 0. The number of halogens is 1. The Bertz CT molecular complexity index is 578. The van der Waals surface area contributed by atoms with Gasteiger partial charge in [0, 0.05) is 16.8 Å². The molecule has 0 amide bonds. The summed E-state index contributed by atoms with van der Waals surface area (Å²) in [6.07, 6.45) is 4.18. The second-order valence-electron chi connectivity index (χ2n) is 4.68. The second-order valence-corrected chi connectivity index (χ2v) is 4.68. The molecule has 1 aromatic heterocycles. The zero-order valence-corrected chi connectivity index (χ0v) is 10.5. The standard InChI is InChI=1S/C14H15FN4/c15-10-7-5-9(6-8-10)13-17-12-4-2-1-3-11(12)14(18-13)19-16/h5-8H,1-4,16H2,(H,17,18,19). The number of nitrogen functional groups attached to an aromatic ring is 1. The lowest BCUT2D eigenvalue weighted by atomic mass is 9.96. The maximum absolute atomic E-state index is 12.9. The topological polar surface area (TPSA) is 63.8 Å². The molecule has 4 nitrogen and oxygen atoms in total. The van der Waals surface area contributed by atoms with Gasteiger partial charge in [0.2, 0.25) is 0 Å². The van der Waals surface area contributed by atoms with Crippen molar-refractivity contribution in [3.63, 3.8) is 0 Å². The van der Waals surface area contributed by atoms with E-state index in [1.54, 1.807) is 12.1 Å². The molecule has 0 spiro atoms. The van der Waals surface area contributed by atoms with Crippen LogP contribution in [0, 0.1) is 5.82 Å². The molecule has 0 saturated heterocycles. The first kappa shape index (κ1) is 12.0. The molecule has 1 aromatic carbocycles. The number of hydrogen-bond acceptors (Lipinski definition) is 4. The first-order valence-electron chi connectivity index (χ1n) is 6.40. The molecular formula is C14H15FN4. The Balaban J connectivity index is 2.09. The van der Waals surface area contributed by atoms with Gasteiger partial charge in [-0.05, 0) is 49.9 Å². The SMILES string of the molecule is NNc1nc(-c2ccc(F)cc2)nc2c1CCCC2. The highest BCUT2D eigenvalue weighted by atomic mass is 19.1. The lowest BCUT2D eigenvalue weighted by molar-refractivity contribution is 0.628. The maximum atomic E-state index is 12.9. The third-order valence-corrected chi connectivity index (χ3v) is 3.42. The van der Waals surface area contributed by atoms with Crippen LogP contribution in [0.1, 0.15) is 24.1 Å². The predicted octanol–water partition coefficient (Wildman–Crippen LogP) is 2.45. The lowest BCUT2D eigenvalue weighted by Crippen LogP contribution is -2.17. The molecule has 1 aliphatic rings. The molecule has 0 unspecified atom stereocenters. The molecule has 1 aliphatic carbocycles. The van der Waals surface area contributed by atoms with E-state index in [-0.39, 0.29) is 5.82 Å². The van der Waals surface area contributed by atoms with E-state index in [0.717, 1.165) is 42.5 Å². The molecule has 98 valence electrons. The number of hydrazine groups is 1. The molecule has 19 heavy (non-hydrogen) atoms. The molecule has 0 aliphatic heterocycles. The third kappa shape index (κ3) is 2.29. The minimum atomic E-state index is -0.265. The van der Waals surface area contributed by atoms with Crippen molar-refractivity contribution < 1.29 is 4.39 Å². The van der Waals surface area contributed by atoms with Crippen molar-refractivity contribution >= 4 is 5.82 Å². The van der Waals surface area contributed by atoms with Crippen LogP contribution in [0.5, 0.6) is 0 Å². The first-order chi connectivity index (χ1) is 9.28. The van der Waals surface area contributed by atoms with Crippen LogP contribution in [0.3, 0.4) is 0 Å². The van der Waals surface area contributed by atoms with E-state index in [4.69, 9.17) is 5.84 Å². The summed E-state index contributed by atoms with van der Waals surface area (Å²) < 4.78 is 12.9. The van der Waals surface area contributed by atoms with Crippen molar-refractivity contribution in [2.24, 2.45) is 5.84 Å². The summed E-state index contributed by atoms with van der Waals surface area (Å²) in [6.45, 7) is 0. The van der Waals surface area contributed by atoms with Gasteiger partial charge in [-0.15, -0.1) is 0 Å². The van der Waals surface area contributed by atoms with Crippen molar-refractivity contribution in [1.29, 1.82) is 0 Å². The normalized spacial score (nSPS) is 14.0. The number of aryl methyl sites for hydroxylation is 1. The Labute approximate surface area is 110 Å². The summed E-state index contributed by atoms with van der Waals surface area (Å²) in [6, 6.07) is 6.18. The van der Waals surface area contributed by atoms with Crippen LogP contribution in [-0.2, 0) is 12.8 Å². The van der Waals surface area contributed by atoms with Gasteiger partial charge in [0.15, 0.2) is 5.82 Å². The second kappa shape index (κ2) is 4.93. The van der Waals surface area contributed by atoms with E-state index in [1.165, 1.54) is 12.1 Å². The van der Waals surface area contributed by atoms with Gasteiger partial charge in [-0.1, -0.05) is 0 Å².